The van der Waals surface area contributed by atoms with Gasteiger partial charge < -0.3 is 15.4 Å². The molecule has 3 N–H and O–H groups in total. The molecule has 0 aliphatic carbocycles. The van der Waals surface area contributed by atoms with Gasteiger partial charge in [0.1, 0.15) is 18.4 Å². The first kappa shape index (κ1) is 22.0. The van der Waals surface area contributed by atoms with Gasteiger partial charge in [-0.3, -0.25) is 19.7 Å². The number of ether oxygens (including phenoxy) is 1. The van der Waals surface area contributed by atoms with Crippen LogP contribution >= 0.6 is 0 Å². The molecule has 2 aliphatic heterocycles. The molecule has 2 aromatic rings. The van der Waals surface area contributed by atoms with Crippen molar-refractivity contribution in [3.05, 3.63) is 64.7 Å². The fourth-order valence-electron chi connectivity index (χ4n) is 4.17. The summed E-state index contributed by atoms with van der Waals surface area (Å²) in [6.45, 7) is 6.99. The molecule has 0 spiro atoms. The van der Waals surface area contributed by atoms with Gasteiger partial charge in [0.25, 0.3) is 5.91 Å². The second-order valence-corrected chi connectivity index (χ2v) is 9.56. The van der Waals surface area contributed by atoms with Gasteiger partial charge in [0, 0.05) is 23.6 Å². The van der Waals surface area contributed by atoms with Crippen molar-refractivity contribution in [1.82, 2.24) is 10.2 Å². The highest BCUT2D eigenvalue weighted by Crippen LogP contribution is 2.34. The first-order chi connectivity index (χ1) is 15.1. The monoisotopic (exact) mass is 435 g/mol. The Labute approximate surface area is 187 Å². The Morgan fingerprint density at radius 2 is 1.84 bits per heavy atom. The van der Waals surface area contributed by atoms with Gasteiger partial charge in [-0.25, -0.2) is 0 Å². The number of carbonyl (C=O) groups excluding carboxylic acids is 3. The van der Waals surface area contributed by atoms with Crippen molar-refractivity contribution < 1.29 is 19.1 Å². The van der Waals surface area contributed by atoms with Crippen molar-refractivity contribution in [1.29, 1.82) is 0 Å². The van der Waals surface area contributed by atoms with Crippen LogP contribution in [0.2, 0.25) is 0 Å². The molecule has 1 fully saturated rings. The molecule has 0 bridgehead atoms. The zero-order valence-electron chi connectivity index (χ0n) is 18.7. The first-order valence-electron chi connectivity index (χ1n) is 10.9. The van der Waals surface area contributed by atoms with Crippen molar-refractivity contribution in [2.24, 2.45) is 11.1 Å². The standard InChI is InChI=1S/C25H29N3O4/c1-25(2,3)22(26)16-9-7-15(8-10-16)14-32-20-6-4-5-17-18(20)13-28(24(17)31)19-11-12-21(29)27-23(19)30/h4-10,19,22H,11-14,26H2,1-3H3,(H,27,29,30). The number of amides is 3. The average Bonchev–Trinajstić information content (AvgIpc) is 3.08. The maximum Gasteiger partial charge on any atom is 0.255 e. The van der Waals surface area contributed by atoms with E-state index in [9.17, 15) is 14.4 Å². The lowest BCUT2D eigenvalue weighted by molar-refractivity contribution is -0.136. The lowest BCUT2D eigenvalue weighted by atomic mass is 9.83. The van der Waals surface area contributed by atoms with Crippen molar-refractivity contribution in [2.75, 3.05) is 0 Å². The quantitative estimate of drug-likeness (QED) is 0.703. The fraction of sp³-hybridized carbons (Fsp3) is 0.400. The van der Waals surface area contributed by atoms with Gasteiger partial charge in [0.05, 0.1) is 6.54 Å². The summed E-state index contributed by atoms with van der Waals surface area (Å²) < 4.78 is 6.07. The highest BCUT2D eigenvalue weighted by Gasteiger charge is 2.40. The van der Waals surface area contributed by atoms with Crippen molar-refractivity contribution in [2.45, 2.75) is 58.8 Å². The van der Waals surface area contributed by atoms with Crippen molar-refractivity contribution in [3.63, 3.8) is 0 Å². The summed E-state index contributed by atoms with van der Waals surface area (Å²) in [7, 11) is 0. The first-order valence-corrected chi connectivity index (χ1v) is 10.9. The minimum absolute atomic E-state index is 0.0243. The van der Waals surface area contributed by atoms with Crippen LogP contribution in [0.4, 0.5) is 0 Å². The number of hydrogen-bond donors (Lipinski definition) is 2. The Bertz CT molecular complexity index is 1060. The maximum atomic E-state index is 12.9. The summed E-state index contributed by atoms with van der Waals surface area (Å²) in [5.41, 5.74) is 9.70. The molecule has 0 aromatic heterocycles. The van der Waals surface area contributed by atoms with Crippen molar-refractivity contribution >= 4 is 17.7 Å². The van der Waals surface area contributed by atoms with E-state index in [-0.39, 0.29) is 36.2 Å². The van der Waals surface area contributed by atoms with Gasteiger partial charge >= 0.3 is 0 Å². The minimum Gasteiger partial charge on any atom is -0.489 e. The summed E-state index contributed by atoms with van der Waals surface area (Å²) in [6, 6.07) is 12.7. The number of imide groups is 1. The molecule has 32 heavy (non-hydrogen) atoms. The summed E-state index contributed by atoms with van der Waals surface area (Å²) >= 11 is 0. The van der Waals surface area contributed by atoms with Crippen LogP contribution in [0.1, 0.15) is 66.7 Å². The van der Waals surface area contributed by atoms with Crippen LogP contribution in [0.15, 0.2) is 42.5 Å². The van der Waals surface area contributed by atoms with Crippen LogP contribution in [0.3, 0.4) is 0 Å². The smallest absolute Gasteiger partial charge is 0.255 e. The van der Waals surface area contributed by atoms with Gasteiger partial charge in [-0.15, -0.1) is 0 Å². The third-order valence-corrected chi connectivity index (χ3v) is 6.21. The van der Waals surface area contributed by atoms with Gasteiger partial charge in [-0.1, -0.05) is 51.1 Å². The van der Waals surface area contributed by atoms with Gasteiger partial charge in [0.15, 0.2) is 0 Å². The predicted octanol–water partition coefficient (Wildman–Crippen LogP) is 3.07. The molecule has 1 saturated heterocycles. The molecule has 168 valence electrons. The molecule has 4 rings (SSSR count). The zero-order valence-corrected chi connectivity index (χ0v) is 18.7. The van der Waals surface area contributed by atoms with Crippen LogP contribution in [-0.4, -0.2) is 28.7 Å². The van der Waals surface area contributed by atoms with E-state index in [1.165, 1.54) is 4.90 Å². The molecule has 2 aromatic carbocycles. The molecule has 2 aliphatic rings. The lowest BCUT2D eigenvalue weighted by Gasteiger charge is -2.29. The third kappa shape index (κ3) is 4.25. The molecule has 0 radical (unpaired) electrons. The normalized spacial score (nSPS) is 19.6. The number of hydrogen-bond acceptors (Lipinski definition) is 5. The third-order valence-electron chi connectivity index (χ3n) is 6.21. The number of rotatable bonds is 5. The van der Waals surface area contributed by atoms with Crippen LogP contribution in [0.25, 0.3) is 0 Å². The number of carbonyl (C=O) groups is 3. The van der Waals surface area contributed by atoms with Crippen LogP contribution < -0.4 is 15.8 Å². The molecular weight excluding hydrogens is 406 g/mol. The van der Waals surface area contributed by atoms with Gasteiger partial charge in [0.2, 0.25) is 11.8 Å². The van der Waals surface area contributed by atoms with Gasteiger partial charge in [-0.05, 0) is 35.1 Å². The second kappa shape index (κ2) is 8.39. The number of nitrogens with zero attached hydrogens (tertiary/aromatic N) is 1. The molecule has 0 saturated carbocycles. The zero-order chi connectivity index (χ0) is 23.0. The largest absolute Gasteiger partial charge is 0.489 e. The number of fused-ring (bicyclic) bond motifs is 1. The number of nitrogens with one attached hydrogen (secondary N) is 1. The summed E-state index contributed by atoms with van der Waals surface area (Å²) in [4.78, 5) is 38.2. The SMILES string of the molecule is CC(C)(C)C(N)c1ccc(COc2cccc3c2CN(C2CCC(=O)NC2=O)C3=O)cc1. The summed E-state index contributed by atoms with van der Waals surface area (Å²) in [5, 5.41) is 2.32. The van der Waals surface area contributed by atoms with E-state index in [1.54, 1.807) is 12.1 Å². The molecule has 7 heteroatoms. The van der Waals surface area contributed by atoms with E-state index < -0.39 is 11.9 Å². The Balaban J connectivity index is 1.46. The lowest BCUT2D eigenvalue weighted by Crippen LogP contribution is -2.52. The Morgan fingerprint density at radius 1 is 1.12 bits per heavy atom. The molecule has 2 heterocycles. The number of piperidine rings is 1. The van der Waals surface area contributed by atoms with E-state index in [4.69, 9.17) is 10.5 Å². The van der Waals surface area contributed by atoms with Crippen LogP contribution in [0.5, 0.6) is 5.75 Å². The van der Waals surface area contributed by atoms with Gasteiger partial charge in [-0.2, -0.15) is 0 Å². The average molecular weight is 436 g/mol. The summed E-state index contributed by atoms with van der Waals surface area (Å²) in [5.74, 6) is -0.297. The topological polar surface area (TPSA) is 102 Å². The molecule has 3 amide bonds. The second-order valence-electron chi connectivity index (χ2n) is 9.56. The summed E-state index contributed by atoms with van der Waals surface area (Å²) in [6.07, 6.45) is 0.568. The molecule has 2 atom stereocenters. The Morgan fingerprint density at radius 3 is 2.50 bits per heavy atom. The molecule has 7 nitrogen and oxygen atoms in total. The number of benzene rings is 2. The fourth-order valence-corrected chi connectivity index (χ4v) is 4.17. The van der Waals surface area contributed by atoms with Crippen LogP contribution in [0, 0.1) is 5.41 Å². The highest BCUT2D eigenvalue weighted by molar-refractivity contribution is 6.05. The number of nitrogens with two attached hydrogens (primary N) is 1. The minimum atomic E-state index is -0.639. The van der Waals surface area contributed by atoms with E-state index in [0.29, 0.717) is 24.3 Å². The van der Waals surface area contributed by atoms with E-state index in [1.807, 2.05) is 30.3 Å². The maximum absolute atomic E-state index is 12.9. The van der Waals surface area contributed by atoms with Crippen LogP contribution in [-0.2, 0) is 22.7 Å². The highest BCUT2D eigenvalue weighted by atomic mass is 16.5. The van der Waals surface area contributed by atoms with E-state index in [0.717, 1.165) is 16.7 Å². The Hall–Kier alpha value is -3.19. The Kier molecular flexibility index (Phi) is 5.77. The van der Waals surface area contributed by atoms with Crippen molar-refractivity contribution in [3.8, 4) is 5.75 Å². The van der Waals surface area contributed by atoms with E-state index in [2.05, 4.69) is 26.1 Å². The predicted molar refractivity (Wildman–Crippen MR) is 120 cm³/mol. The molecular formula is C25H29N3O4. The van der Waals surface area contributed by atoms with E-state index >= 15 is 0 Å². The molecule has 2 unspecified atom stereocenters.